The summed E-state index contributed by atoms with van der Waals surface area (Å²) in [7, 11) is 0. The van der Waals surface area contributed by atoms with Gasteiger partial charge in [-0.15, -0.1) is 0 Å². The van der Waals surface area contributed by atoms with Gasteiger partial charge in [0.1, 0.15) is 11.8 Å². The van der Waals surface area contributed by atoms with Crippen molar-refractivity contribution >= 4 is 17.5 Å². The lowest BCUT2D eigenvalue weighted by Gasteiger charge is -2.14. The van der Waals surface area contributed by atoms with Crippen LogP contribution in [-0.2, 0) is 6.54 Å². The van der Waals surface area contributed by atoms with E-state index in [1.165, 1.54) is 10.7 Å². The zero-order valence-corrected chi connectivity index (χ0v) is 16.1. The van der Waals surface area contributed by atoms with Crippen LogP contribution in [-0.4, -0.2) is 30.6 Å². The van der Waals surface area contributed by atoms with Crippen LogP contribution in [0.25, 0.3) is 11.3 Å². The zero-order chi connectivity index (χ0) is 20.4. The molecule has 0 aliphatic heterocycles. The molecule has 3 N–H and O–H groups in total. The predicted octanol–water partition coefficient (Wildman–Crippen LogP) is 2.69. The largest absolute Gasteiger partial charge is 0.387 e. The number of hydrogen-bond acceptors (Lipinski definition) is 5. The van der Waals surface area contributed by atoms with Gasteiger partial charge in [-0.05, 0) is 38.1 Å². The van der Waals surface area contributed by atoms with E-state index in [4.69, 9.17) is 22.6 Å². The van der Waals surface area contributed by atoms with Gasteiger partial charge in [0.05, 0.1) is 40.7 Å². The highest BCUT2D eigenvalue weighted by Crippen LogP contribution is 2.24. The normalized spacial score (nSPS) is 13.1. The van der Waals surface area contributed by atoms with Crippen molar-refractivity contribution in [1.82, 2.24) is 19.6 Å². The summed E-state index contributed by atoms with van der Waals surface area (Å²) in [5.74, 6) is -0.611. The summed E-state index contributed by atoms with van der Waals surface area (Å²) in [5, 5.41) is 27.9. The van der Waals surface area contributed by atoms with E-state index in [1.54, 1.807) is 36.0 Å². The molecule has 0 radical (unpaired) electrons. The van der Waals surface area contributed by atoms with Gasteiger partial charge < -0.3 is 10.8 Å². The minimum atomic E-state index is -0.802. The third kappa shape index (κ3) is 3.91. The van der Waals surface area contributed by atoms with Crippen LogP contribution in [0, 0.1) is 11.3 Å². The summed E-state index contributed by atoms with van der Waals surface area (Å²) < 4.78 is 3.23. The number of carbonyl (C=O) groups is 1. The van der Waals surface area contributed by atoms with E-state index in [1.807, 2.05) is 19.1 Å². The van der Waals surface area contributed by atoms with E-state index in [2.05, 4.69) is 10.2 Å². The van der Waals surface area contributed by atoms with Crippen molar-refractivity contribution in [3.8, 4) is 17.3 Å². The van der Waals surface area contributed by atoms with E-state index in [0.29, 0.717) is 28.5 Å². The van der Waals surface area contributed by atoms with E-state index >= 15 is 0 Å². The van der Waals surface area contributed by atoms with E-state index in [-0.39, 0.29) is 11.7 Å². The molecule has 1 aromatic carbocycles. The number of aliphatic hydroxyl groups excluding tert-OH is 1. The Morgan fingerprint density at radius 2 is 2.07 bits per heavy atom. The Morgan fingerprint density at radius 3 is 2.68 bits per heavy atom. The van der Waals surface area contributed by atoms with Crippen LogP contribution >= 0.6 is 11.6 Å². The predicted molar refractivity (Wildman–Crippen MR) is 103 cm³/mol. The maximum atomic E-state index is 11.7. The molecule has 0 aliphatic rings. The Morgan fingerprint density at radius 1 is 1.32 bits per heavy atom. The molecule has 0 spiro atoms. The quantitative estimate of drug-likeness (QED) is 0.660. The van der Waals surface area contributed by atoms with Crippen LogP contribution < -0.4 is 5.73 Å². The average Bonchev–Trinajstić information content (AvgIpc) is 3.29. The molecule has 144 valence electrons. The lowest BCUT2D eigenvalue weighted by Crippen LogP contribution is -2.22. The van der Waals surface area contributed by atoms with Crippen molar-refractivity contribution in [2.24, 2.45) is 5.73 Å². The van der Waals surface area contributed by atoms with Crippen LogP contribution in [0.3, 0.4) is 0 Å². The van der Waals surface area contributed by atoms with E-state index < -0.39 is 12.0 Å². The molecule has 2 heterocycles. The highest BCUT2D eigenvalue weighted by atomic mass is 35.5. The number of aliphatic hydroxyl groups is 1. The summed E-state index contributed by atoms with van der Waals surface area (Å²) in [6.07, 6.45) is 1.00. The van der Waals surface area contributed by atoms with Crippen LogP contribution in [0.15, 0.2) is 36.5 Å². The van der Waals surface area contributed by atoms with Crippen molar-refractivity contribution in [2.75, 3.05) is 0 Å². The lowest BCUT2D eigenvalue weighted by molar-refractivity contribution is 0.0987. The molecular weight excluding hydrogens is 380 g/mol. The number of nitrogens with zero attached hydrogens (tertiary/aromatic N) is 5. The van der Waals surface area contributed by atoms with Gasteiger partial charge in [-0.3, -0.25) is 14.2 Å². The fraction of sp³-hybridized carbons (Fsp3) is 0.263. The molecule has 9 heteroatoms. The van der Waals surface area contributed by atoms with Crippen LogP contribution in [0.5, 0.6) is 0 Å². The third-order valence-electron chi connectivity index (χ3n) is 4.33. The fourth-order valence-electron chi connectivity index (χ4n) is 2.87. The summed E-state index contributed by atoms with van der Waals surface area (Å²) >= 11 is 6.09. The van der Waals surface area contributed by atoms with Gasteiger partial charge in [-0.1, -0.05) is 17.7 Å². The minimum absolute atomic E-state index is 0.229. The first-order chi connectivity index (χ1) is 13.3. The second-order valence-electron chi connectivity index (χ2n) is 6.52. The Bertz CT molecular complexity index is 1060. The van der Waals surface area contributed by atoms with Crippen molar-refractivity contribution in [1.29, 1.82) is 5.26 Å². The van der Waals surface area contributed by atoms with Gasteiger partial charge in [0.15, 0.2) is 0 Å². The lowest BCUT2D eigenvalue weighted by atomic mass is 10.1. The smallest absolute Gasteiger partial charge is 0.267 e. The van der Waals surface area contributed by atoms with E-state index in [9.17, 15) is 9.90 Å². The number of aromatic nitrogens is 4. The molecule has 0 fully saturated rings. The van der Waals surface area contributed by atoms with E-state index in [0.717, 1.165) is 5.56 Å². The number of nitrogens with two attached hydrogens (primary N) is 1. The number of nitriles is 1. The van der Waals surface area contributed by atoms with Gasteiger partial charge in [0, 0.05) is 11.8 Å². The summed E-state index contributed by atoms with van der Waals surface area (Å²) in [4.78, 5) is 11.7. The maximum absolute atomic E-state index is 11.7. The van der Waals surface area contributed by atoms with Gasteiger partial charge in [-0.2, -0.15) is 15.5 Å². The number of halogens is 1. The molecule has 2 atom stereocenters. The molecule has 1 amide bonds. The second kappa shape index (κ2) is 7.84. The molecule has 0 saturated heterocycles. The summed E-state index contributed by atoms with van der Waals surface area (Å²) in [6, 6.07) is 10.3. The molecular formula is C19H19ClN6O2. The molecule has 3 rings (SSSR count). The second-order valence-corrected chi connectivity index (χ2v) is 6.92. The average molecular weight is 399 g/mol. The Kier molecular flexibility index (Phi) is 5.49. The highest BCUT2D eigenvalue weighted by Gasteiger charge is 2.20. The number of hydrogen-bond donors (Lipinski definition) is 2. The number of benzene rings is 1. The van der Waals surface area contributed by atoms with Gasteiger partial charge in [0.2, 0.25) is 0 Å². The first kappa shape index (κ1) is 19.6. The molecule has 1 unspecified atom stereocenters. The number of carbonyl (C=O) groups excluding carboxylic acids is 1. The fourth-order valence-corrected chi connectivity index (χ4v) is 3.09. The third-order valence-corrected chi connectivity index (χ3v) is 4.64. The number of rotatable bonds is 6. The molecule has 0 saturated carbocycles. The van der Waals surface area contributed by atoms with Crippen molar-refractivity contribution in [3.05, 3.63) is 58.5 Å². The Balaban J connectivity index is 1.83. The van der Waals surface area contributed by atoms with Crippen molar-refractivity contribution in [3.63, 3.8) is 0 Å². The Hall–Kier alpha value is -3.15. The number of amides is 1. The van der Waals surface area contributed by atoms with Gasteiger partial charge in [0.25, 0.3) is 5.91 Å². The zero-order valence-electron chi connectivity index (χ0n) is 15.4. The standard InChI is InChI=1S/C19H19ClN6O2/c1-11(26-18(19(22)28)8-17(24-26)12(2)27)10-25-6-5-16(23-25)13-3-4-14(9-21)15(20)7-13/h3-8,11-12,27H,10H2,1-2H3,(H2,22,28)/t11-,12?/m0/s1. The van der Waals surface area contributed by atoms with Gasteiger partial charge in [-0.25, -0.2) is 0 Å². The molecule has 8 nitrogen and oxygen atoms in total. The van der Waals surface area contributed by atoms with Crippen LogP contribution in [0.2, 0.25) is 5.02 Å². The van der Waals surface area contributed by atoms with Crippen molar-refractivity contribution < 1.29 is 9.90 Å². The Labute approximate surface area is 166 Å². The molecule has 28 heavy (non-hydrogen) atoms. The molecule has 3 aromatic rings. The van der Waals surface area contributed by atoms with Crippen LogP contribution in [0.1, 0.15) is 47.7 Å². The monoisotopic (exact) mass is 398 g/mol. The van der Waals surface area contributed by atoms with Crippen LogP contribution in [0.4, 0.5) is 0 Å². The van der Waals surface area contributed by atoms with Gasteiger partial charge >= 0.3 is 0 Å². The number of primary amides is 1. The SMILES string of the molecule is CC(O)c1cc(C(N)=O)n([C@@H](C)Cn2ccc(-c3ccc(C#N)c(Cl)c3)n2)n1. The first-order valence-electron chi connectivity index (χ1n) is 8.61. The summed E-state index contributed by atoms with van der Waals surface area (Å²) in [5.41, 5.74) is 7.96. The van der Waals surface area contributed by atoms with Crippen molar-refractivity contribution in [2.45, 2.75) is 32.5 Å². The first-order valence-corrected chi connectivity index (χ1v) is 8.98. The molecule has 0 bridgehead atoms. The molecule has 0 aliphatic carbocycles. The topological polar surface area (TPSA) is 123 Å². The summed E-state index contributed by atoms with van der Waals surface area (Å²) in [6.45, 7) is 3.89. The maximum Gasteiger partial charge on any atom is 0.267 e. The minimum Gasteiger partial charge on any atom is -0.387 e. The highest BCUT2D eigenvalue weighted by molar-refractivity contribution is 6.32. The molecule has 2 aromatic heterocycles.